The van der Waals surface area contributed by atoms with Crippen molar-refractivity contribution in [1.82, 2.24) is 0 Å². The van der Waals surface area contributed by atoms with Crippen molar-refractivity contribution in [3.05, 3.63) is 53.6 Å². The summed E-state index contributed by atoms with van der Waals surface area (Å²) < 4.78 is 11.1. The van der Waals surface area contributed by atoms with Crippen LogP contribution < -0.4 is 10.2 Å². The van der Waals surface area contributed by atoms with Crippen LogP contribution in [0.1, 0.15) is 44.2 Å². The molecule has 164 valence electrons. The van der Waals surface area contributed by atoms with Gasteiger partial charge < -0.3 is 9.47 Å². The van der Waals surface area contributed by atoms with E-state index in [1.807, 2.05) is 36.4 Å². The number of rotatable bonds is 6. The number of carbonyl (C=O) groups is 2. The maximum absolute atomic E-state index is 13.3. The summed E-state index contributed by atoms with van der Waals surface area (Å²) in [7, 11) is 0. The summed E-state index contributed by atoms with van der Waals surface area (Å²) in [6, 6.07) is 13.7. The van der Waals surface area contributed by atoms with Crippen molar-refractivity contribution in [2.45, 2.75) is 52.1 Å². The van der Waals surface area contributed by atoms with E-state index in [0.717, 1.165) is 54.6 Å². The van der Waals surface area contributed by atoms with Gasteiger partial charge in [-0.2, -0.15) is 0 Å². The van der Waals surface area contributed by atoms with E-state index in [0.29, 0.717) is 18.2 Å². The molecule has 6 nitrogen and oxygen atoms in total. The van der Waals surface area contributed by atoms with Gasteiger partial charge in [0.25, 0.3) is 5.91 Å². The fourth-order valence-corrected chi connectivity index (χ4v) is 3.90. The second-order valence-corrected chi connectivity index (χ2v) is 8.69. The van der Waals surface area contributed by atoms with Crippen LogP contribution in [0.2, 0.25) is 0 Å². The van der Waals surface area contributed by atoms with Crippen LogP contribution in [-0.4, -0.2) is 31.3 Å². The summed E-state index contributed by atoms with van der Waals surface area (Å²) in [6.45, 7) is 4.65. The smallest absolute Gasteiger partial charge is 0.411 e. The van der Waals surface area contributed by atoms with E-state index >= 15 is 0 Å². The Morgan fingerprint density at radius 2 is 1.81 bits per heavy atom. The third kappa shape index (κ3) is 5.07. The molecule has 0 bridgehead atoms. The predicted octanol–water partition coefficient (Wildman–Crippen LogP) is 5.22. The highest BCUT2D eigenvalue weighted by molar-refractivity contribution is 6.03. The van der Waals surface area contributed by atoms with E-state index < -0.39 is 6.09 Å². The number of aryl methyl sites for hydroxylation is 2. The molecule has 0 radical (unpaired) electrons. The van der Waals surface area contributed by atoms with Gasteiger partial charge in [-0.1, -0.05) is 38.1 Å². The third-order valence-corrected chi connectivity index (χ3v) is 5.72. The molecule has 2 aromatic carbocycles. The van der Waals surface area contributed by atoms with Gasteiger partial charge in [-0.05, 0) is 67.3 Å². The Bertz CT molecular complexity index is 952. The van der Waals surface area contributed by atoms with Crippen molar-refractivity contribution < 1.29 is 19.1 Å². The Hall–Kier alpha value is -2.86. The molecule has 1 fully saturated rings. The lowest BCUT2D eigenvalue weighted by atomic mass is 9.96. The molecule has 0 saturated heterocycles. The lowest BCUT2D eigenvalue weighted by Crippen LogP contribution is -2.31. The molecule has 0 unspecified atom stereocenters. The van der Waals surface area contributed by atoms with Gasteiger partial charge >= 0.3 is 6.09 Å². The predicted molar refractivity (Wildman–Crippen MR) is 121 cm³/mol. The average molecular weight is 423 g/mol. The molecule has 0 atom stereocenters. The van der Waals surface area contributed by atoms with Crippen molar-refractivity contribution in [3.63, 3.8) is 0 Å². The number of fused-ring (bicyclic) bond motifs is 2. The average Bonchev–Trinajstić information content (AvgIpc) is 2.87. The van der Waals surface area contributed by atoms with Crippen LogP contribution in [-0.2, 0) is 27.1 Å². The SMILES string of the molecule is CC(C)COCC(=O)N1c2ccccc2CCc2ccc(NC(=O)OC3CCC3)cc21. The van der Waals surface area contributed by atoms with Gasteiger partial charge in [-0.15, -0.1) is 0 Å². The number of nitrogens with zero attached hydrogens (tertiary/aromatic N) is 1. The highest BCUT2D eigenvalue weighted by atomic mass is 16.6. The molecule has 1 aliphatic heterocycles. The minimum atomic E-state index is -0.447. The Morgan fingerprint density at radius 1 is 1.06 bits per heavy atom. The summed E-state index contributed by atoms with van der Waals surface area (Å²) in [6.07, 6.45) is 4.18. The molecule has 2 amide bonds. The molecular weight excluding hydrogens is 392 g/mol. The number of ether oxygens (including phenoxy) is 2. The molecule has 0 spiro atoms. The summed E-state index contributed by atoms with van der Waals surface area (Å²) >= 11 is 0. The van der Waals surface area contributed by atoms with Crippen molar-refractivity contribution >= 4 is 29.1 Å². The van der Waals surface area contributed by atoms with Gasteiger partial charge in [0.2, 0.25) is 0 Å². The Kier molecular flexibility index (Phi) is 6.56. The Morgan fingerprint density at radius 3 is 2.52 bits per heavy atom. The van der Waals surface area contributed by atoms with E-state index in [-0.39, 0.29) is 18.6 Å². The Balaban J connectivity index is 1.61. The number of para-hydroxylation sites is 1. The van der Waals surface area contributed by atoms with Crippen LogP contribution in [0.3, 0.4) is 0 Å². The first-order valence-corrected chi connectivity index (χ1v) is 11.1. The first kappa shape index (κ1) is 21.4. The minimum absolute atomic E-state index is 0.00727. The van der Waals surface area contributed by atoms with Gasteiger partial charge in [0.05, 0.1) is 11.4 Å². The fourth-order valence-electron chi connectivity index (χ4n) is 3.90. The molecule has 4 rings (SSSR count). The summed E-state index contributed by atoms with van der Waals surface area (Å²) in [5, 5.41) is 2.82. The molecule has 6 heteroatoms. The van der Waals surface area contributed by atoms with Crippen molar-refractivity contribution in [2.75, 3.05) is 23.4 Å². The standard InChI is InChI=1S/C25H30N2O4/c1-17(2)15-30-16-24(28)27-22-9-4-3-6-18(22)10-11-19-12-13-20(14-23(19)27)26-25(29)31-21-7-5-8-21/h3-4,6,9,12-14,17,21H,5,7-8,10-11,15-16H2,1-2H3,(H,26,29). The summed E-state index contributed by atoms with van der Waals surface area (Å²) in [5.74, 6) is 0.236. The number of hydrogen-bond acceptors (Lipinski definition) is 4. The largest absolute Gasteiger partial charge is 0.446 e. The van der Waals surface area contributed by atoms with E-state index in [1.54, 1.807) is 4.90 Å². The van der Waals surface area contributed by atoms with Crippen LogP contribution in [0.5, 0.6) is 0 Å². The van der Waals surface area contributed by atoms with Crippen LogP contribution in [0.25, 0.3) is 0 Å². The Labute approximate surface area is 183 Å². The zero-order chi connectivity index (χ0) is 21.8. The van der Waals surface area contributed by atoms with Gasteiger partial charge in [-0.3, -0.25) is 15.0 Å². The molecular formula is C25H30N2O4. The van der Waals surface area contributed by atoms with Crippen molar-refractivity contribution in [3.8, 4) is 0 Å². The molecule has 1 heterocycles. The number of benzene rings is 2. The number of hydrogen-bond donors (Lipinski definition) is 1. The maximum atomic E-state index is 13.3. The van der Waals surface area contributed by atoms with E-state index in [1.165, 1.54) is 0 Å². The van der Waals surface area contributed by atoms with Gasteiger partial charge in [0.1, 0.15) is 12.7 Å². The van der Waals surface area contributed by atoms with E-state index in [2.05, 4.69) is 25.2 Å². The minimum Gasteiger partial charge on any atom is -0.446 e. The zero-order valence-electron chi connectivity index (χ0n) is 18.2. The van der Waals surface area contributed by atoms with Crippen molar-refractivity contribution in [1.29, 1.82) is 0 Å². The number of carbonyl (C=O) groups excluding carboxylic acids is 2. The topological polar surface area (TPSA) is 67.9 Å². The number of anilines is 3. The molecule has 1 aliphatic carbocycles. The second-order valence-electron chi connectivity index (χ2n) is 8.69. The first-order valence-electron chi connectivity index (χ1n) is 11.1. The monoisotopic (exact) mass is 422 g/mol. The highest BCUT2D eigenvalue weighted by Crippen LogP contribution is 2.37. The molecule has 0 aromatic heterocycles. The van der Waals surface area contributed by atoms with Crippen LogP contribution in [0.4, 0.5) is 21.9 Å². The zero-order valence-corrected chi connectivity index (χ0v) is 18.2. The van der Waals surface area contributed by atoms with Gasteiger partial charge in [-0.25, -0.2) is 4.79 Å². The fraction of sp³-hybridized carbons (Fsp3) is 0.440. The normalized spacial score (nSPS) is 15.5. The lowest BCUT2D eigenvalue weighted by molar-refractivity contribution is -0.122. The van der Waals surface area contributed by atoms with Crippen LogP contribution in [0.15, 0.2) is 42.5 Å². The summed E-state index contributed by atoms with van der Waals surface area (Å²) in [4.78, 5) is 27.2. The number of amides is 2. The molecule has 1 N–H and O–H groups in total. The maximum Gasteiger partial charge on any atom is 0.411 e. The summed E-state index contributed by atoms with van der Waals surface area (Å²) in [5.41, 5.74) is 4.45. The molecule has 1 saturated carbocycles. The third-order valence-electron chi connectivity index (χ3n) is 5.72. The lowest BCUT2D eigenvalue weighted by Gasteiger charge is -2.26. The first-order chi connectivity index (χ1) is 15.0. The van der Waals surface area contributed by atoms with Gasteiger partial charge in [0.15, 0.2) is 0 Å². The van der Waals surface area contributed by atoms with Gasteiger partial charge in [0, 0.05) is 12.3 Å². The molecule has 2 aliphatic rings. The highest BCUT2D eigenvalue weighted by Gasteiger charge is 2.27. The van der Waals surface area contributed by atoms with Crippen LogP contribution in [0, 0.1) is 5.92 Å². The molecule has 2 aromatic rings. The van der Waals surface area contributed by atoms with Crippen LogP contribution >= 0.6 is 0 Å². The molecule has 31 heavy (non-hydrogen) atoms. The van der Waals surface area contributed by atoms with Crippen molar-refractivity contribution in [2.24, 2.45) is 5.92 Å². The second kappa shape index (κ2) is 9.52. The van der Waals surface area contributed by atoms with E-state index in [9.17, 15) is 9.59 Å². The quantitative estimate of drug-likeness (QED) is 0.693. The van der Waals surface area contributed by atoms with E-state index in [4.69, 9.17) is 9.47 Å². The number of nitrogens with one attached hydrogen (secondary N) is 1.